The van der Waals surface area contributed by atoms with Gasteiger partial charge in [-0.05, 0) is 30.2 Å². The Morgan fingerprint density at radius 1 is 1.26 bits per heavy atom. The van der Waals surface area contributed by atoms with Crippen LogP contribution in [0.25, 0.3) is 0 Å². The molecule has 1 fully saturated rings. The van der Waals surface area contributed by atoms with Gasteiger partial charge in [-0.15, -0.1) is 0 Å². The third-order valence-electron chi connectivity index (χ3n) is 3.97. The summed E-state index contributed by atoms with van der Waals surface area (Å²) in [6.45, 7) is 0.103. The fourth-order valence-electron chi connectivity index (χ4n) is 2.76. The van der Waals surface area contributed by atoms with E-state index in [4.69, 9.17) is 5.11 Å². The zero-order valence-corrected chi connectivity index (χ0v) is 11.6. The number of carbonyl (C=O) groups excluding carboxylic acids is 2. The molecule has 1 unspecified atom stereocenters. The van der Waals surface area contributed by atoms with E-state index < -0.39 is 35.7 Å². The Kier molecular flexibility index (Phi) is 3.31. The van der Waals surface area contributed by atoms with Crippen molar-refractivity contribution in [3.05, 3.63) is 29.3 Å². The SMILES string of the molecule is O=C(O)C1CC(=O)N1C(=O)N1CCc2cc(C(F)(F)F)ccc21. The smallest absolute Gasteiger partial charge is 0.416 e. The van der Waals surface area contributed by atoms with Crippen LogP contribution in [0.4, 0.5) is 23.7 Å². The highest BCUT2D eigenvalue weighted by molar-refractivity contribution is 6.11. The van der Waals surface area contributed by atoms with Crippen molar-refractivity contribution in [1.29, 1.82) is 0 Å². The van der Waals surface area contributed by atoms with Gasteiger partial charge in [0.1, 0.15) is 6.04 Å². The third kappa shape index (κ3) is 2.41. The number of rotatable bonds is 1. The van der Waals surface area contributed by atoms with Gasteiger partial charge in [0.15, 0.2) is 0 Å². The van der Waals surface area contributed by atoms with Gasteiger partial charge in [0.05, 0.1) is 12.0 Å². The number of carbonyl (C=O) groups is 3. The van der Waals surface area contributed by atoms with Crippen molar-refractivity contribution in [3.63, 3.8) is 0 Å². The molecule has 1 atom stereocenters. The first-order chi connectivity index (χ1) is 10.7. The van der Waals surface area contributed by atoms with Crippen LogP contribution >= 0.6 is 0 Å². The van der Waals surface area contributed by atoms with Gasteiger partial charge in [-0.1, -0.05) is 0 Å². The Hall–Kier alpha value is -2.58. The van der Waals surface area contributed by atoms with Gasteiger partial charge in [0.2, 0.25) is 5.91 Å². The Morgan fingerprint density at radius 3 is 2.52 bits per heavy atom. The maximum atomic E-state index is 12.7. The fourth-order valence-corrected chi connectivity index (χ4v) is 2.76. The van der Waals surface area contributed by atoms with Gasteiger partial charge >= 0.3 is 18.2 Å². The number of carboxylic acids is 1. The highest BCUT2D eigenvalue weighted by Gasteiger charge is 2.48. The summed E-state index contributed by atoms with van der Waals surface area (Å²) < 4.78 is 38.1. The van der Waals surface area contributed by atoms with Gasteiger partial charge in [-0.3, -0.25) is 9.69 Å². The van der Waals surface area contributed by atoms with Crippen LogP contribution in [0.5, 0.6) is 0 Å². The molecule has 0 saturated carbocycles. The Balaban J connectivity index is 1.87. The van der Waals surface area contributed by atoms with Crippen LogP contribution in [-0.2, 0) is 22.2 Å². The standard InChI is InChI=1S/C14H11F3N2O4/c15-14(16,17)8-1-2-9-7(5-8)3-4-18(9)13(23)19-10(12(21)22)6-11(19)20/h1-2,5,10H,3-4,6H2,(H,21,22). The van der Waals surface area contributed by atoms with Gasteiger partial charge in [0.25, 0.3) is 0 Å². The number of fused-ring (bicyclic) bond motifs is 1. The minimum absolute atomic E-state index is 0.103. The second-order valence-corrected chi connectivity index (χ2v) is 5.35. The second kappa shape index (κ2) is 4.97. The van der Waals surface area contributed by atoms with E-state index in [2.05, 4.69) is 0 Å². The number of nitrogens with zero attached hydrogens (tertiary/aromatic N) is 2. The molecule has 0 aromatic heterocycles. The summed E-state index contributed by atoms with van der Waals surface area (Å²) in [5, 5.41) is 8.94. The van der Waals surface area contributed by atoms with Crippen molar-refractivity contribution in [1.82, 2.24) is 4.90 Å². The summed E-state index contributed by atoms with van der Waals surface area (Å²) in [5.41, 5.74) is -0.200. The lowest BCUT2D eigenvalue weighted by atomic mass is 10.0. The molecule has 0 radical (unpaired) electrons. The monoisotopic (exact) mass is 328 g/mol. The normalized spacial score (nSPS) is 20.3. The van der Waals surface area contributed by atoms with Crippen molar-refractivity contribution in [2.45, 2.75) is 25.1 Å². The summed E-state index contributed by atoms with van der Waals surface area (Å²) in [6, 6.07) is 0.968. The number of imide groups is 1. The molecule has 1 saturated heterocycles. The van der Waals surface area contributed by atoms with E-state index in [1.807, 2.05) is 0 Å². The maximum Gasteiger partial charge on any atom is 0.416 e. The number of aliphatic carboxylic acids is 1. The van der Waals surface area contributed by atoms with E-state index >= 15 is 0 Å². The number of anilines is 1. The number of hydrogen-bond acceptors (Lipinski definition) is 3. The number of halogens is 3. The zero-order valence-electron chi connectivity index (χ0n) is 11.6. The number of amides is 3. The van der Waals surface area contributed by atoms with E-state index in [-0.39, 0.29) is 25.1 Å². The number of likely N-dealkylation sites (tertiary alicyclic amines) is 1. The maximum absolute atomic E-state index is 12.7. The van der Waals surface area contributed by atoms with Crippen LogP contribution in [0.2, 0.25) is 0 Å². The van der Waals surface area contributed by atoms with Crippen molar-refractivity contribution >= 4 is 23.6 Å². The fraction of sp³-hybridized carbons (Fsp3) is 0.357. The largest absolute Gasteiger partial charge is 0.480 e. The highest BCUT2D eigenvalue weighted by atomic mass is 19.4. The lowest BCUT2D eigenvalue weighted by Gasteiger charge is -2.37. The topological polar surface area (TPSA) is 77.9 Å². The average Bonchev–Trinajstić information content (AvgIpc) is 2.86. The number of hydrogen-bond donors (Lipinski definition) is 1. The predicted molar refractivity (Wildman–Crippen MR) is 70.8 cm³/mol. The first-order valence-corrected chi connectivity index (χ1v) is 6.76. The molecule has 9 heteroatoms. The van der Waals surface area contributed by atoms with Gasteiger partial charge < -0.3 is 5.11 Å². The van der Waals surface area contributed by atoms with Crippen molar-refractivity contribution in [2.24, 2.45) is 0 Å². The predicted octanol–water partition coefficient (Wildman–Crippen LogP) is 1.87. The van der Waals surface area contributed by atoms with Gasteiger partial charge in [-0.2, -0.15) is 13.2 Å². The Morgan fingerprint density at radius 2 is 1.96 bits per heavy atom. The summed E-state index contributed by atoms with van der Waals surface area (Å²) >= 11 is 0. The zero-order chi connectivity index (χ0) is 16.9. The molecular formula is C14H11F3N2O4. The van der Waals surface area contributed by atoms with Crippen LogP contribution in [0, 0.1) is 0 Å². The molecule has 3 amide bonds. The first-order valence-electron chi connectivity index (χ1n) is 6.76. The number of β-lactam (4-membered cyclic amide) rings is 1. The number of benzene rings is 1. The molecule has 23 heavy (non-hydrogen) atoms. The van der Waals surface area contributed by atoms with Crippen LogP contribution in [0.1, 0.15) is 17.5 Å². The molecule has 1 aromatic carbocycles. The second-order valence-electron chi connectivity index (χ2n) is 5.35. The third-order valence-corrected chi connectivity index (χ3v) is 3.97. The summed E-state index contributed by atoms with van der Waals surface area (Å²) in [6.07, 6.45) is -4.52. The molecule has 6 nitrogen and oxygen atoms in total. The molecule has 0 aliphatic carbocycles. The highest BCUT2D eigenvalue weighted by Crippen LogP contribution is 2.36. The summed E-state index contributed by atoms with van der Waals surface area (Å²) in [5.74, 6) is -1.90. The van der Waals surface area contributed by atoms with Gasteiger partial charge in [0, 0.05) is 12.2 Å². The molecule has 0 bridgehead atoms. The Labute approximate surface area is 128 Å². The van der Waals surface area contributed by atoms with E-state index in [9.17, 15) is 27.6 Å². The van der Waals surface area contributed by atoms with Crippen molar-refractivity contribution < 1.29 is 32.7 Å². The molecule has 2 heterocycles. The molecule has 122 valence electrons. The van der Waals surface area contributed by atoms with Crippen LogP contribution < -0.4 is 4.90 Å². The molecular weight excluding hydrogens is 317 g/mol. The number of alkyl halides is 3. The quantitative estimate of drug-likeness (QED) is 0.799. The van der Waals surface area contributed by atoms with E-state index in [0.717, 1.165) is 17.0 Å². The molecule has 1 aromatic rings. The molecule has 3 rings (SSSR count). The number of carboxylic acid groups (broad SMARTS) is 1. The summed E-state index contributed by atoms with van der Waals surface area (Å²) in [7, 11) is 0. The van der Waals surface area contributed by atoms with Crippen LogP contribution in [-0.4, -0.2) is 40.5 Å². The van der Waals surface area contributed by atoms with Crippen molar-refractivity contribution in [2.75, 3.05) is 11.4 Å². The van der Waals surface area contributed by atoms with Gasteiger partial charge in [-0.25, -0.2) is 14.5 Å². The van der Waals surface area contributed by atoms with E-state index in [1.165, 1.54) is 6.07 Å². The molecule has 1 N–H and O–H groups in total. The molecule has 0 spiro atoms. The van der Waals surface area contributed by atoms with Crippen molar-refractivity contribution in [3.8, 4) is 0 Å². The Bertz CT molecular complexity index is 716. The van der Waals surface area contributed by atoms with E-state index in [1.54, 1.807) is 0 Å². The van der Waals surface area contributed by atoms with Crippen LogP contribution in [0.3, 0.4) is 0 Å². The average molecular weight is 328 g/mol. The molecule has 2 aliphatic rings. The summed E-state index contributed by atoms with van der Waals surface area (Å²) in [4.78, 5) is 36.6. The minimum atomic E-state index is -4.48. The lowest BCUT2D eigenvalue weighted by molar-refractivity contribution is -0.157. The number of urea groups is 1. The lowest BCUT2D eigenvalue weighted by Crippen LogP contribution is -2.62. The molecule has 2 aliphatic heterocycles. The minimum Gasteiger partial charge on any atom is -0.480 e. The van der Waals surface area contributed by atoms with E-state index in [0.29, 0.717) is 10.5 Å². The first kappa shape index (κ1) is 15.3. The van der Waals surface area contributed by atoms with Crippen LogP contribution in [0.15, 0.2) is 18.2 Å².